The van der Waals surface area contributed by atoms with E-state index in [9.17, 15) is 0 Å². The van der Waals surface area contributed by atoms with Gasteiger partial charge in [0.15, 0.2) is 0 Å². The van der Waals surface area contributed by atoms with E-state index in [4.69, 9.17) is 11.6 Å². The predicted molar refractivity (Wildman–Crippen MR) is 79.2 cm³/mol. The van der Waals surface area contributed by atoms with Crippen LogP contribution in [-0.4, -0.2) is 24.5 Å². The maximum atomic E-state index is 6.23. The van der Waals surface area contributed by atoms with Crippen LogP contribution in [0.25, 0.3) is 0 Å². The Morgan fingerprint density at radius 2 is 1.94 bits per heavy atom. The highest BCUT2D eigenvalue weighted by Crippen LogP contribution is 2.25. The van der Waals surface area contributed by atoms with Crippen LogP contribution in [0.5, 0.6) is 0 Å². The highest BCUT2D eigenvalue weighted by molar-refractivity contribution is 6.31. The summed E-state index contributed by atoms with van der Waals surface area (Å²) in [7, 11) is 0. The highest BCUT2D eigenvalue weighted by atomic mass is 35.5. The number of piperidine rings is 1. The van der Waals surface area contributed by atoms with Gasteiger partial charge in [0.2, 0.25) is 0 Å². The third-order valence-corrected chi connectivity index (χ3v) is 4.37. The molecular formula is C16H24ClN. The van der Waals surface area contributed by atoms with Crippen molar-refractivity contribution in [1.82, 2.24) is 4.90 Å². The molecule has 0 aliphatic carbocycles. The lowest BCUT2D eigenvalue weighted by Crippen LogP contribution is -2.34. The largest absolute Gasteiger partial charge is 0.303 e. The van der Waals surface area contributed by atoms with Crippen LogP contribution in [0.3, 0.4) is 0 Å². The van der Waals surface area contributed by atoms with Crippen LogP contribution >= 0.6 is 11.6 Å². The van der Waals surface area contributed by atoms with Crippen molar-refractivity contribution >= 4 is 11.6 Å². The number of halogens is 1. The first-order valence-corrected chi connectivity index (χ1v) is 7.63. The van der Waals surface area contributed by atoms with Crippen molar-refractivity contribution in [2.24, 2.45) is 5.92 Å². The highest BCUT2D eigenvalue weighted by Gasteiger charge is 2.19. The van der Waals surface area contributed by atoms with Crippen molar-refractivity contribution in [3.05, 3.63) is 34.9 Å². The van der Waals surface area contributed by atoms with Crippen LogP contribution in [0.1, 0.15) is 38.2 Å². The summed E-state index contributed by atoms with van der Waals surface area (Å²) in [5.41, 5.74) is 1.33. The molecule has 0 aromatic heterocycles. The molecular weight excluding hydrogens is 242 g/mol. The van der Waals surface area contributed by atoms with Gasteiger partial charge in [0.25, 0.3) is 0 Å². The summed E-state index contributed by atoms with van der Waals surface area (Å²) in [6, 6.07) is 8.29. The summed E-state index contributed by atoms with van der Waals surface area (Å²) in [6.07, 6.45) is 6.46. The zero-order valence-electron chi connectivity index (χ0n) is 11.4. The van der Waals surface area contributed by atoms with Crippen molar-refractivity contribution in [3.8, 4) is 0 Å². The Morgan fingerprint density at radius 1 is 1.22 bits per heavy atom. The fourth-order valence-electron chi connectivity index (χ4n) is 2.77. The van der Waals surface area contributed by atoms with E-state index in [0.717, 1.165) is 17.4 Å². The average Bonchev–Trinajstić information content (AvgIpc) is 2.41. The van der Waals surface area contributed by atoms with Crippen LogP contribution in [0, 0.1) is 5.92 Å². The van der Waals surface area contributed by atoms with E-state index in [1.165, 1.54) is 50.9 Å². The first kappa shape index (κ1) is 13.9. The molecule has 0 amide bonds. The Morgan fingerprint density at radius 3 is 2.61 bits per heavy atom. The van der Waals surface area contributed by atoms with Crippen LogP contribution in [0.15, 0.2) is 24.3 Å². The molecule has 0 bridgehead atoms. The van der Waals surface area contributed by atoms with Crippen LogP contribution in [0.2, 0.25) is 5.02 Å². The molecule has 100 valence electrons. The van der Waals surface area contributed by atoms with E-state index >= 15 is 0 Å². The Labute approximate surface area is 116 Å². The number of benzene rings is 1. The number of nitrogens with zero attached hydrogens (tertiary/aromatic N) is 1. The fourth-order valence-corrected chi connectivity index (χ4v) is 2.98. The molecule has 18 heavy (non-hydrogen) atoms. The SMILES string of the molecule is CCCCN1CCC(Cc2ccccc2Cl)CC1. The second-order valence-electron chi connectivity index (χ2n) is 5.43. The van der Waals surface area contributed by atoms with E-state index in [1.54, 1.807) is 0 Å². The maximum Gasteiger partial charge on any atom is 0.0438 e. The van der Waals surface area contributed by atoms with Gasteiger partial charge in [-0.3, -0.25) is 0 Å². The molecule has 1 aromatic rings. The second-order valence-corrected chi connectivity index (χ2v) is 5.84. The van der Waals surface area contributed by atoms with Crippen molar-refractivity contribution in [3.63, 3.8) is 0 Å². The van der Waals surface area contributed by atoms with E-state index < -0.39 is 0 Å². The summed E-state index contributed by atoms with van der Waals surface area (Å²) in [5, 5.41) is 0.936. The van der Waals surface area contributed by atoms with E-state index in [2.05, 4.69) is 24.0 Å². The molecule has 0 radical (unpaired) electrons. The number of hydrogen-bond donors (Lipinski definition) is 0. The first-order valence-electron chi connectivity index (χ1n) is 7.25. The van der Waals surface area contributed by atoms with E-state index in [-0.39, 0.29) is 0 Å². The quantitative estimate of drug-likeness (QED) is 0.763. The lowest BCUT2D eigenvalue weighted by molar-refractivity contribution is 0.182. The molecule has 1 aliphatic rings. The molecule has 1 saturated heterocycles. The summed E-state index contributed by atoms with van der Waals surface area (Å²) in [5.74, 6) is 0.822. The molecule has 0 saturated carbocycles. The maximum absolute atomic E-state index is 6.23. The molecule has 1 nitrogen and oxygen atoms in total. The number of unbranched alkanes of at least 4 members (excludes halogenated alkanes) is 1. The number of rotatable bonds is 5. The molecule has 0 unspecified atom stereocenters. The minimum Gasteiger partial charge on any atom is -0.303 e. The van der Waals surface area contributed by atoms with E-state index in [0.29, 0.717) is 0 Å². The smallest absolute Gasteiger partial charge is 0.0438 e. The summed E-state index contributed by atoms with van der Waals surface area (Å²) in [6.45, 7) is 6.10. The Kier molecular flexibility index (Phi) is 5.52. The molecule has 0 atom stereocenters. The molecule has 2 heteroatoms. The third kappa shape index (κ3) is 4.00. The Bertz CT molecular complexity index is 356. The number of likely N-dealkylation sites (tertiary alicyclic amines) is 1. The van der Waals surface area contributed by atoms with Gasteiger partial charge in [0.1, 0.15) is 0 Å². The average molecular weight is 266 g/mol. The summed E-state index contributed by atoms with van der Waals surface area (Å²) in [4.78, 5) is 2.62. The van der Waals surface area contributed by atoms with Crippen LogP contribution in [-0.2, 0) is 6.42 Å². The van der Waals surface area contributed by atoms with Gasteiger partial charge in [-0.15, -0.1) is 0 Å². The predicted octanol–water partition coefficient (Wildman–Crippen LogP) is 4.39. The van der Waals surface area contributed by atoms with Gasteiger partial charge in [0, 0.05) is 5.02 Å². The van der Waals surface area contributed by atoms with Gasteiger partial charge in [0.05, 0.1) is 0 Å². The first-order chi connectivity index (χ1) is 8.79. The zero-order chi connectivity index (χ0) is 12.8. The standard InChI is InChI=1S/C16H24ClN/c1-2-3-10-18-11-8-14(9-12-18)13-15-6-4-5-7-16(15)17/h4-7,14H,2-3,8-13H2,1H3. The zero-order valence-corrected chi connectivity index (χ0v) is 12.1. The van der Waals surface area contributed by atoms with Gasteiger partial charge in [-0.1, -0.05) is 43.1 Å². The summed E-state index contributed by atoms with van der Waals surface area (Å²) < 4.78 is 0. The monoisotopic (exact) mass is 265 g/mol. The normalized spacial score (nSPS) is 18.1. The molecule has 1 fully saturated rings. The minimum atomic E-state index is 0.822. The minimum absolute atomic E-state index is 0.822. The van der Waals surface area contributed by atoms with Gasteiger partial charge in [-0.2, -0.15) is 0 Å². The Balaban J connectivity index is 1.78. The van der Waals surface area contributed by atoms with Gasteiger partial charge in [-0.25, -0.2) is 0 Å². The second kappa shape index (κ2) is 7.16. The molecule has 1 aromatic carbocycles. The molecule has 1 aliphatic heterocycles. The molecule has 0 N–H and O–H groups in total. The summed E-state index contributed by atoms with van der Waals surface area (Å²) >= 11 is 6.23. The fraction of sp³-hybridized carbons (Fsp3) is 0.625. The molecule has 0 spiro atoms. The Hall–Kier alpha value is -0.530. The van der Waals surface area contributed by atoms with E-state index in [1.807, 2.05) is 12.1 Å². The van der Waals surface area contributed by atoms with Gasteiger partial charge < -0.3 is 4.90 Å². The van der Waals surface area contributed by atoms with Crippen LogP contribution in [0.4, 0.5) is 0 Å². The lowest BCUT2D eigenvalue weighted by Gasteiger charge is -2.32. The van der Waals surface area contributed by atoms with Crippen molar-refractivity contribution in [2.75, 3.05) is 19.6 Å². The van der Waals surface area contributed by atoms with Gasteiger partial charge >= 0.3 is 0 Å². The van der Waals surface area contributed by atoms with Gasteiger partial charge in [-0.05, 0) is 62.9 Å². The topological polar surface area (TPSA) is 3.24 Å². The lowest BCUT2D eigenvalue weighted by atomic mass is 9.90. The third-order valence-electron chi connectivity index (χ3n) is 4.00. The van der Waals surface area contributed by atoms with Crippen molar-refractivity contribution in [1.29, 1.82) is 0 Å². The van der Waals surface area contributed by atoms with Crippen LogP contribution < -0.4 is 0 Å². The number of hydrogen-bond acceptors (Lipinski definition) is 1. The molecule has 2 rings (SSSR count). The van der Waals surface area contributed by atoms with Crippen molar-refractivity contribution in [2.45, 2.75) is 39.0 Å². The van der Waals surface area contributed by atoms with Crippen molar-refractivity contribution < 1.29 is 0 Å². The molecule has 1 heterocycles.